The van der Waals surface area contributed by atoms with Gasteiger partial charge in [0, 0.05) is 21.9 Å². The summed E-state index contributed by atoms with van der Waals surface area (Å²) in [5.41, 5.74) is 1.19. The van der Waals surface area contributed by atoms with Gasteiger partial charge in [0.25, 0.3) is 0 Å². The first-order chi connectivity index (χ1) is 9.60. The summed E-state index contributed by atoms with van der Waals surface area (Å²) in [6.45, 7) is 5.09. The van der Waals surface area contributed by atoms with Gasteiger partial charge in [-0.15, -0.1) is 0 Å². The van der Waals surface area contributed by atoms with Crippen molar-refractivity contribution >= 4 is 11.8 Å². The lowest BCUT2D eigenvalue weighted by molar-refractivity contribution is 0.565. The van der Waals surface area contributed by atoms with Crippen molar-refractivity contribution in [1.29, 1.82) is 0 Å². The highest BCUT2D eigenvalue weighted by Gasteiger charge is 2.07. The van der Waals surface area contributed by atoms with E-state index in [0.29, 0.717) is 10.9 Å². The van der Waals surface area contributed by atoms with Gasteiger partial charge in [-0.25, -0.2) is 8.78 Å². The highest BCUT2D eigenvalue weighted by atomic mass is 32.2. The minimum atomic E-state index is -0.554. The van der Waals surface area contributed by atoms with E-state index in [0.717, 1.165) is 17.5 Å². The number of benzene rings is 2. The minimum Gasteiger partial charge on any atom is -0.310 e. The van der Waals surface area contributed by atoms with E-state index in [1.807, 2.05) is 24.3 Å². The van der Waals surface area contributed by atoms with Gasteiger partial charge >= 0.3 is 0 Å². The second-order valence-electron chi connectivity index (χ2n) is 4.53. The third-order valence-electron chi connectivity index (χ3n) is 3.01. The lowest BCUT2D eigenvalue weighted by Crippen LogP contribution is -2.17. The van der Waals surface area contributed by atoms with E-state index in [-0.39, 0.29) is 0 Å². The molecule has 2 aromatic carbocycles. The number of nitrogens with one attached hydrogen (secondary N) is 1. The lowest BCUT2D eigenvalue weighted by atomic mass is 10.1. The van der Waals surface area contributed by atoms with Crippen molar-refractivity contribution in [2.75, 3.05) is 6.54 Å². The Hall–Kier alpha value is -1.39. The van der Waals surface area contributed by atoms with Crippen LogP contribution in [0.4, 0.5) is 8.78 Å². The molecule has 2 aromatic rings. The molecule has 1 N–H and O–H groups in total. The maximum Gasteiger partial charge on any atom is 0.140 e. The summed E-state index contributed by atoms with van der Waals surface area (Å²) in [5.74, 6) is -1.08. The van der Waals surface area contributed by atoms with Gasteiger partial charge in [-0.05, 0) is 43.3 Å². The summed E-state index contributed by atoms with van der Waals surface area (Å²) < 4.78 is 26.4. The molecule has 0 saturated carbocycles. The Labute approximate surface area is 122 Å². The summed E-state index contributed by atoms with van der Waals surface area (Å²) in [7, 11) is 0. The summed E-state index contributed by atoms with van der Waals surface area (Å²) in [4.78, 5) is 1.36. The second kappa shape index (κ2) is 6.86. The van der Waals surface area contributed by atoms with Gasteiger partial charge < -0.3 is 5.32 Å². The van der Waals surface area contributed by atoms with Crippen molar-refractivity contribution in [3.8, 4) is 0 Å². The lowest BCUT2D eigenvalue weighted by Gasteiger charge is -2.13. The molecule has 0 bridgehead atoms. The number of hydrogen-bond donors (Lipinski definition) is 1. The van der Waals surface area contributed by atoms with Crippen LogP contribution in [0.25, 0.3) is 0 Å². The average Bonchev–Trinajstić information content (AvgIpc) is 2.43. The monoisotopic (exact) mass is 293 g/mol. The number of rotatable bonds is 5. The SMILES string of the molecule is CCNC(C)c1ccc(Sc2ccc(F)cc2F)cc1. The van der Waals surface area contributed by atoms with Crippen LogP contribution >= 0.6 is 11.8 Å². The predicted molar refractivity (Wildman–Crippen MR) is 79.0 cm³/mol. The molecule has 0 spiro atoms. The maximum atomic E-state index is 13.6. The van der Waals surface area contributed by atoms with Crippen molar-refractivity contribution < 1.29 is 8.78 Å². The van der Waals surface area contributed by atoms with Crippen molar-refractivity contribution in [2.45, 2.75) is 29.7 Å². The fraction of sp³-hybridized carbons (Fsp3) is 0.250. The molecule has 1 atom stereocenters. The van der Waals surface area contributed by atoms with Crippen molar-refractivity contribution in [3.05, 3.63) is 59.7 Å². The van der Waals surface area contributed by atoms with E-state index in [9.17, 15) is 8.78 Å². The zero-order valence-electron chi connectivity index (χ0n) is 11.5. The van der Waals surface area contributed by atoms with Gasteiger partial charge in [0.05, 0.1) is 0 Å². The largest absolute Gasteiger partial charge is 0.310 e. The van der Waals surface area contributed by atoms with Crippen LogP contribution in [0.3, 0.4) is 0 Å². The normalized spacial score (nSPS) is 12.4. The van der Waals surface area contributed by atoms with E-state index >= 15 is 0 Å². The summed E-state index contributed by atoms with van der Waals surface area (Å²) in [5, 5.41) is 3.34. The number of hydrogen-bond acceptors (Lipinski definition) is 2. The third kappa shape index (κ3) is 3.81. The molecule has 0 fully saturated rings. The topological polar surface area (TPSA) is 12.0 Å². The van der Waals surface area contributed by atoms with Gasteiger partial charge in [0.15, 0.2) is 0 Å². The zero-order chi connectivity index (χ0) is 14.5. The van der Waals surface area contributed by atoms with Gasteiger partial charge in [-0.1, -0.05) is 30.8 Å². The summed E-state index contributed by atoms with van der Waals surface area (Å²) >= 11 is 1.29. The van der Waals surface area contributed by atoms with Crippen molar-refractivity contribution in [2.24, 2.45) is 0 Å². The molecule has 0 saturated heterocycles. The van der Waals surface area contributed by atoms with Crippen LogP contribution in [-0.2, 0) is 0 Å². The van der Waals surface area contributed by atoms with Gasteiger partial charge in [-0.2, -0.15) is 0 Å². The highest BCUT2D eigenvalue weighted by Crippen LogP contribution is 2.30. The molecule has 1 unspecified atom stereocenters. The van der Waals surface area contributed by atoms with Gasteiger partial charge in [-0.3, -0.25) is 0 Å². The molecule has 4 heteroatoms. The fourth-order valence-electron chi connectivity index (χ4n) is 1.93. The van der Waals surface area contributed by atoms with Crippen LogP contribution in [-0.4, -0.2) is 6.54 Å². The molecule has 0 aliphatic carbocycles. The Morgan fingerprint density at radius 3 is 2.40 bits per heavy atom. The quantitative estimate of drug-likeness (QED) is 0.851. The molecule has 0 aromatic heterocycles. The van der Waals surface area contributed by atoms with Crippen LogP contribution in [0.5, 0.6) is 0 Å². The third-order valence-corrected chi connectivity index (χ3v) is 4.07. The Bertz CT molecular complexity index is 569. The molecule has 0 amide bonds. The Balaban J connectivity index is 2.10. The van der Waals surface area contributed by atoms with Crippen molar-refractivity contribution in [3.63, 3.8) is 0 Å². The van der Waals surface area contributed by atoms with E-state index in [1.54, 1.807) is 0 Å². The highest BCUT2D eigenvalue weighted by molar-refractivity contribution is 7.99. The predicted octanol–water partition coefficient (Wildman–Crippen LogP) is 4.79. The molecule has 0 heterocycles. The number of halogens is 2. The first-order valence-electron chi connectivity index (χ1n) is 6.56. The Kier molecular flexibility index (Phi) is 5.15. The molecular weight excluding hydrogens is 276 g/mol. The molecule has 20 heavy (non-hydrogen) atoms. The first-order valence-corrected chi connectivity index (χ1v) is 7.38. The van der Waals surface area contributed by atoms with E-state index < -0.39 is 11.6 Å². The maximum absolute atomic E-state index is 13.6. The van der Waals surface area contributed by atoms with Crippen LogP contribution < -0.4 is 5.32 Å². The van der Waals surface area contributed by atoms with E-state index in [2.05, 4.69) is 19.2 Å². The van der Waals surface area contributed by atoms with Gasteiger partial charge in [0.1, 0.15) is 11.6 Å². The molecule has 0 radical (unpaired) electrons. The Morgan fingerprint density at radius 2 is 1.80 bits per heavy atom. The first kappa shape index (κ1) is 15.0. The average molecular weight is 293 g/mol. The molecule has 0 aliphatic heterocycles. The van der Waals surface area contributed by atoms with Crippen molar-refractivity contribution in [1.82, 2.24) is 5.32 Å². The smallest absolute Gasteiger partial charge is 0.140 e. The Morgan fingerprint density at radius 1 is 1.10 bits per heavy atom. The standard InChI is InChI=1S/C16H17F2NS/c1-3-19-11(2)12-4-7-14(8-5-12)20-16-9-6-13(17)10-15(16)18/h4-11,19H,3H2,1-2H3. The summed E-state index contributed by atoms with van der Waals surface area (Å²) in [6.07, 6.45) is 0. The van der Waals surface area contributed by atoms with Gasteiger partial charge in [0.2, 0.25) is 0 Å². The molecule has 2 rings (SSSR count). The van der Waals surface area contributed by atoms with Crippen LogP contribution in [0.1, 0.15) is 25.5 Å². The molecular formula is C16H17F2NS. The van der Waals surface area contributed by atoms with Crippen LogP contribution in [0.15, 0.2) is 52.3 Å². The van der Waals surface area contributed by atoms with Crippen LogP contribution in [0.2, 0.25) is 0 Å². The minimum absolute atomic E-state index is 0.293. The van der Waals surface area contributed by atoms with E-state index in [1.165, 1.54) is 29.5 Å². The second-order valence-corrected chi connectivity index (χ2v) is 5.64. The summed E-state index contributed by atoms with van der Waals surface area (Å²) in [6, 6.07) is 11.9. The fourth-order valence-corrected chi connectivity index (χ4v) is 2.75. The van der Waals surface area contributed by atoms with E-state index in [4.69, 9.17) is 0 Å². The molecule has 1 nitrogen and oxygen atoms in total. The zero-order valence-corrected chi connectivity index (χ0v) is 12.3. The molecule has 106 valence electrons. The molecule has 0 aliphatic rings. The van der Waals surface area contributed by atoms with Crippen LogP contribution in [0, 0.1) is 11.6 Å².